The Bertz CT molecular complexity index is 965. The number of nitrogens with zero attached hydrogens (tertiary/aromatic N) is 4. The lowest BCUT2D eigenvalue weighted by atomic mass is 9.94. The number of fused-ring (bicyclic) bond motifs is 2. The number of hydrogen-bond acceptors (Lipinski definition) is 6. The van der Waals surface area contributed by atoms with Crippen molar-refractivity contribution in [2.75, 3.05) is 13.2 Å². The SMILES string of the molecule is Cc1ccc2c(n1)/C(=N/OCC(C)(C)CO/N=C1\CCCc3cccnc31)CCC2. The number of aromatic nitrogens is 2. The smallest absolute Gasteiger partial charge is 0.125 e. The van der Waals surface area contributed by atoms with E-state index in [-0.39, 0.29) is 5.41 Å². The Kier molecular flexibility index (Phi) is 6.11. The number of oxime groups is 2. The van der Waals surface area contributed by atoms with Crippen LogP contribution in [-0.4, -0.2) is 34.6 Å². The second kappa shape index (κ2) is 8.94. The predicted molar refractivity (Wildman–Crippen MR) is 118 cm³/mol. The molecule has 0 saturated carbocycles. The molecule has 0 saturated heterocycles. The summed E-state index contributed by atoms with van der Waals surface area (Å²) in [6.45, 7) is 7.11. The maximum atomic E-state index is 5.74. The van der Waals surface area contributed by atoms with E-state index in [1.165, 1.54) is 11.1 Å². The number of rotatable bonds is 6. The average Bonchev–Trinajstić information content (AvgIpc) is 2.74. The Morgan fingerprint density at radius 3 is 2.20 bits per heavy atom. The summed E-state index contributed by atoms with van der Waals surface area (Å²) in [6.07, 6.45) is 7.90. The molecule has 0 N–H and O–H groups in total. The molecule has 30 heavy (non-hydrogen) atoms. The third-order valence-electron chi connectivity index (χ3n) is 5.54. The van der Waals surface area contributed by atoms with Crippen molar-refractivity contribution in [3.8, 4) is 0 Å². The minimum Gasteiger partial charge on any atom is -0.395 e. The first-order valence-electron chi connectivity index (χ1n) is 10.8. The molecule has 2 aromatic rings. The van der Waals surface area contributed by atoms with Gasteiger partial charge in [0, 0.05) is 17.3 Å². The van der Waals surface area contributed by atoms with E-state index in [0.717, 1.165) is 67.0 Å². The zero-order valence-corrected chi connectivity index (χ0v) is 18.1. The fraction of sp³-hybridized carbons (Fsp3) is 0.500. The summed E-state index contributed by atoms with van der Waals surface area (Å²) in [4.78, 5) is 20.6. The second-order valence-corrected chi connectivity index (χ2v) is 8.97. The van der Waals surface area contributed by atoms with Gasteiger partial charge in [0.2, 0.25) is 0 Å². The van der Waals surface area contributed by atoms with E-state index in [1.807, 2.05) is 19.2 Å². The lowest BCUT2D eigenvalue weighted by Gasteiger charge is -2.23. The van der Waals surface area contributed by atoms with Gasteiger partial charge in [0.05, 0.1) is 11.4 Å². The van der Waals surface area contributed by atoms with Crippen molar-refractivity contribution in [3.63, 3.8) is 0 Å². The molecule has 2 aromatic heterocycles. The van der Waals surface area contributed by atoms with Gasteiger partial charge in [0.25, 0.3) is 0 Å². The molecule has 2 aliphatic carbocycles. The molecule has 158 valence electrons. The van der Waals surface area contributed by atoms with Crippen LogP contribution in [0.3, 0.4) is 0 Å². The van der Waals surface area contributed by atoms with Crippen molar-refractivity contribution >= 4 is 11.4 Å². The summed E-state index contributed by atoms with van der Waals surface area (Å²) >= 11 is 0. The van der Waals surface area contributed by atoms with Gasteiger partial charge in [-0.15, -0.1) is 0 Å². The molecule has 0 atom stereocenters. The third-order valence-corrected chi connectivity index (χ3v) is 5.54. The zero-order chi connectivity index (χ0) is 21.0. The van der Waals surface area contributed by atoms with E-state index in [2.05, 4.69) is 52.3 Å². The predicted octanol–water partition coefficient (Wildman–Crippen LogP) is 4.63. The second-order valence-electron chi connectivity index (χ2n) is 8.97. The lowest BCUT2D eigenvalue weighted by Crippen LogP contribution is -2.25. The molecule has 6 nitrogen and oxygen atoms in total. The van der Waals surface area contributed by atoms with Crippen molar-refractivity contribution in [3.05, 3.63) is 58.7 Å². The Morgan fingerprint density at radius 1 is 0.867 bits per heavy atom. The first-order chi connectivity index (χ1) is 14.5. The van der Waals surface area contributed by atoms with Gasteiger partial charge < -0.3 is 9.68 Å². The topological polar surface area (TPSA) is 69.0 Å². The third kappa shape index (κ3) is 4.86. The van der Waals surface area contributed by atoms with E-state index < -0.39 is 0 Å². The molecule has 2 aliphatic rings. The summed E-state index contributed by atoms with van der Waals surface area (Å²) in [5.74, 6) is 0. The van der Waals surface area contributed by atoms with Crippen LogP contribution in [0.15, 0.2) is 40.8 Å². The van der Waals surface area contributed by atoms with Crippen molar-refractivity contribution < 1.29 is 9.68 Å². The fourth-order valence-electron chi connectivity index (χ4n) is 3.86. The molecular formula is C24H30N4O2. The average molecular weight is 407 g/mol. The lowest BCUT2D eigenvalue weighted by molar-refractivity contribution is -0.000311. The minimum atomic E-state index is -0.215. The molecule has 4 rings (SSSR count). The molecule has 6 heteroatoms. The summed E-state index contributed by atoms with van der Waals surface area (Å²) in [6, 6.07) is 8.31. The fourth-order valence-corrected chi connectivity index (χ4v) is 3.86. The molecule has 2 heterocycles. The Morgan fingerprint density at radius 2 is 1.50 bits per heavy atom. The molecule has 0 aliphatic heterocycles. The first-order valence-corrected chi connectivity index (χ1v) is 10.8. The molecule has 0 amide bonds. The first kappa shape index (κ1) is 20.5. The van der Waals surface area contributed by atoms with Crippen LogP contribution in [0.4, 0.5) is 0 Å². The van der Waals surface area contributed by atoms with E-state index in [4.69, 9.17) is 9.68 Å². The van der Waals surface area contributed by atoms with E-state index in [1.54, 1.807) is 0 Å². The number of hydrogen-bond donors (Lipinski definition) is 0. The quantitative estimate of drug-likeness (QED) is 0.656. The Hall–Kier alpha value is -2.76. The highest BCUT2D eigenvalue weighted by Gasteiger charge is 2.23. The van der Waals surface area contributed by atoms with E-state index >= 15 is 0 Å². The Labute approximate surface area is 178 Å². The van der Waals surface area contributed by atoms with Crippen LogP contribution in [0.25, 0.3) is 0 Å². The van der Waals surface area contributed by atoms with Gasteiger partial charge in [-0.1, -0.05) is 36.3 Å². The summed E-state index contributed by atoms with van der Waals surface area (Å²) < 4.78 is 0. The number of aryl methyl sites for hydroxylation is 3. The van der Waals surface area contributed by atoms with Gasteiger partial charge in [-0.3, -0.25) is 9.97 Å². The largest absolute Gasteiger partial charge is 0.395 e. The normalized spacial score (nSPS) is 18.8. The van der Waals surface area contributed by atoms with Crippen molar-refractivity contribution in [2.45, 2.75) is 59.3 Å². The summed E-state index contributed by atoms with van der Waals surface area (Å²) in [5.41, 5.74) is 7.15. The van der Waals surface area contributed by atoms with Crippen LogP contribution >= 0.6 is 0 Å². The highest BCUT2D eigenvalue weighted by atomic mass is 16.6. The van der Waals surface area contributed by atoms with Crippen LogP contribution < -0.4 is 0 Å². The van der Waals surface area contributed by atoms with Crippen LogP contribution in [0.2, 0.25) is 0 Å². The van der Waals surface area contributed by atoms with Gasteiger partial charge in [0.15, 0.2) is 0 Å². The standard InChI is InChI=1S/C24H30N4O2/c1-17-12-13-19-8-5-11-21(23(19)26-17)28-30-16-24(2,3)15-29-27-20-10-4-7-18-9-6-14-25-22(18)20/h6,9,12-14H,4-5,7-8,10-11,15-16H2,1-3H3/b27-20+,28-21+. The van der Waals surface area contributed by atoms with Gasteiger partial charge in [-0.2, -0.15) is 0 Å². The van der Waals surface area contributed by atoms with Crippen molar-refractivity contribution in [1.82, 2.24) is 9.97 Å². The minimum absolute atomic E-state index is 0.215. The number of pyridine rings is 2. The molecule has 0 radical (unpaired) electrons. The van der Waals surface area contributed by atoms with Crippen molar-refractivity contribution in [2.24, 2.45) is 15.7 Å². The molecule has 0 aromatic carbocycles. The molecule has 0 bridgehead atoms. The van der Waals surface area contributed by atoms with Gasteiger partial charge >= 0.3 is 0 Å². The highest BCUT2D eigenvalue weighted by molar-refractivity contribution is 6.01. The van der Waals surface area contributed by atoms with Gasteiger partial charge in [0.1, 0.15) is 24.6 Å². The Balaban J connectivity index is 1.34. The molecule has 0 spiro atoms. The van der Waals surface area contributed by atoms with Crippen molar-refractivity contribution in [1.29, 1.82) is 0 Å². The zero-order valence-electron chi connectivity index (χ0n) is 18.1. The summed E-state index contributed by atoms with van der Waals surface area (Å²) in [5, 5.41) is 8.83. The van der Waals surface area contributed by atoms with Gasteiger partial charge in [-0.25, -0.2) is 0 Å². The molecule has 0 fully saturated rings. The molecular weight excluding hydrogens is 376 g/mol. The van der Waals surface area contributed by atoms with E-state index in [0.29, 0.717) is 13.2 Å². The maximum absolute atomic E-state index is 5.74. The van der Waals surface area contributed by atoms with Crippen LogP contribution in [0.1, 0.15) is 67.7 Å². The van der Waals surface area contributed by atoms with E-state index in [9.17, 15) is 0 Å². The van der Waals surface area contributed by atoms with Crippen LogP contribution in [-0.2, 0) is 22.5 Å². The summed E-state index contributed by atoms with van der Waals surface area (Å²) in [7, 11) is 0. The maximum Gasteiger partial charge on any atom is 0.125 e. The monoisotopic (exact) mass is 406 g/mol. The molecule has 0 unspecified atom stereocenters. The van der Waals surface area contributed by atoms with Crippen LogP contribution in [0.5, 0.6) is 0 Å². The van der Waals surface area contributed by atoms with Gasteiger partial charge in [-0.05, 0) is 68.7 Å². The van der Waals surface area contributed by atoms with Crippen LogP contribution in [0, 0.1) is 12.3 Å². The highest BCUT2D eigenvalue weighted by Crippen LogP contribution is 2.23.